The number of benzene rings is 6. The smallest absolute Gasteiger partial charge is 0.237 e. The Bertz CT molecular complexity index is 2510. The first-order valence-electron chi connectivity index (χ1n) is 14.8. The fourth-order valence-electron chi connectivity index (χ4n) is 7.64. The number of hydrogen-bond acceptors (Lipinski definition) is 3. The van der Waals surface area contributed by atoms with Crippen LogP contribution in [-0.2, 0) is 5.41 Å². The third-order valence-corrected chi connectivity index (χ3v) is 9.66. The van der Waals surface area contributed by atoms with Crippen molar-refractivity contribution in [1.29, 1.82) is 0 Å². The molecule has 0 radical (unpaired) electrons. The second-order valence-electron chi connectivity index (χ2n) is 12.3. The molecule has 0 spiro atoms. The zero-order valence-electron chi connectivity index (χ0n) is 23.7. The van der Waals surface area contributed by atoms with Crippen molar-refractivity contribution in [3.63, 3.8) is 0 Å². The van der Waals surface area contributed by atoms with Crippen molar-refractivity contribution in [2.24, 2.45) is 0 Å². The van der Waals surface area contributed by atoms with E-state index in [1.165, 1.54) is 43.8 Å². The molecule has 202 valence electrons. The van der Waals surface area contributed by atoms with Crippen molar-refractivity contribution in [2.45, 2.75) is 19.3 Å². The summed E-state index contributed by atoms with van der Waals surface area (Å²) >= 11 is 0. The molecule has 0 unspecified atom stereocenters. The van der Waals surface area contributed by atoms with Gasteiger partial charge in [-0.05, 0) is 62.7 Å². The summed E-state index contributed by atoms with van der Waals surface area (Å²) in [6.07, 6.45) is 1.92. The predicted molar refractivity (Wildman–Crippen MR) is 174 cm³/mol. The van der Waals surface area contributed by atoms with Gasteiger partial charge in [-0.25, -0.2) is 4.98 Å². The Hall–Kier alpha value is -5.48. The lowest BCUT2D eigenvalue weighted by Crippen LogP contribution is -2.15. The zero-order chi connectivity index (χ0) is 28.4. The first kappa shape index (κ1) is 23.1. The van der Waals surface area contributed by atoms with Gasteiger partial charge in [0, 0.05) is 33.3 Å². The molecular weight excluding hydrogens is 526 g/mol. The number of hydrogen-bond donors (Lipinski definition) is 0. The molecule has 6 aromatic carbocycles. The highest BCUT2D eigenvalue weighted by Gasteiger charge is 2.36. The van der Waals surface area contributed by atoms with Gasteiger partial charge in [-0.2, -0.15) is 4.98 Å². The van der Waals surface area contributed by atoms with E-state index in [2.05, 4.69) is 115 Å². The minimum Gasteiger partial charge on any atom is -0.438 e. The van der Waals surface area contributed by atoms with Crippen LogP contribution in [0.1, 0.15) is 25.0 Å². The van der Waals surface area contributed by atoms with Gasteiger partial charge in [0.25, 0.3) is 0 Å². The van der Waals surface area contributed by atoms with Gasteiger partial charge in [-0.1, -0.05) is 98.8 Å². The molecule has 43 heavy (non-hydrogen) atoms. The topological polar surface area (TPSA) is 39.9 Å². The summed E-state index contributed by atoms with van der Waals surface area (Å²) in [5.41, 5.74) is 9.39. The van der Waals surface area contributed by atoms with Gasteiger partial charge in [0.05, 0.1) is 16.6 Å². The Kier molecular flexibility index (Phi) is 4.23. The zero-order valence-corrected chi connectivity index (χ0v) is 23.7. The molecular formula is C39H25N3O. The minimum absolute atomic E-state index is 0.119. The fourth-order valence-corrected chi connectivity index (χ4v) is 7.64. The van der Waals surface area contributed by atoms with Crippen molar-refractivity contribution in [1.82, 2.24) is 14.5 Å². The summed E-state index contributed by atoms with van der Waals surface area (Å²) in [6, 6.07) is 39.1. The molecule has 8 aromatic rings. The fraction of sp³-hybridized carbons (Fsp3) is 0.0769. The molecule has 0 saturated heterocycles. The molecule has 1 aliphatic carbocycles. The number of aromatic nitrogens is 3. The molecule has 3 heterocycles. The maximum Gasteiger partial charge on any atom is 0.237 e. The SMILES string of the molecule is CC1(C)c2ccccc2-c2cc3c4c5ccccc5ccc4n(-c4ncc5c(n4)Oc4cccc6cccc-5c46)c3cc21. The first-order valence-corrected chi connectivity index (χ1v) is 14.8. The summed E-state index contributed by atoms with van der Waals surface area (Å²) in [7, 11) is 0. The van der Waals surface area contributed by atoms with Gasteiger partial charge in [0.15, 0.2) is 0 Å². The molecule has 2 aliphatic rings. The maximum absolute atomic E-state index is 6.47. The summed E-state index contributed by atoms with van der Waals surface area (Å²) in [5, 5.41) is 7.12. The van der Waals surface area contributed by atoms with Crippen LogP contribution in [-0.4, -0.2) is 14.5 Å². The highest BCUT2D eigenvalue weighted by Crippen LogP contribution is 2.52. The Morgan fingerprint density at radius 3 is 2.33 bits per heavy atom. The Balaban J connectivity index is 1.30. The Morgan fingerprint density at radius 2 is 1.40 bits per heavy atom. The first-order chi connectivity index (χ1) is 21.1. The van der Waals surface area contributed by atoms with Gasteiger partial charge in [-0.3, -0.25) is 4.57 Å². The molecule has 1 aliphatic heterocycles. The standard InChI is InChI=1S/C39H25N3O/c1-39(2)30-15-6-5-13-25(30)27-19-28-33(20-31(27)39)42(32-18-17-22-9-3-4-12-24(22)36(28)32)38-40-21-29-26-14-7-10-23-11-8-16-34(35(23)26)43-37(29)41-38/h3-21H,1-2H3. The Labute approximate surface area is 247 Å². The summed E-state index contributed by atoms with van der Waals surface area (Å²) in [5.74, 6) is 2.02. The second-order valence-corrected chi connectivity index (χ2v) is 12.3. The average Bonchev–Trinajstić information content (AvgIpc) is 3.49. The lowest BCUT2D eigenvalue weighted by Gasteiger charge is -2.22. The average molecular weight is 552 g/mol. The predicted octanol–water partition coefficient (Wildman–Crippen LogP) is 9.96. The van der Waals surface area contributed by atoms with Gasteiger partial charge in [-0.15, -0.1) is 0 Å². The molecule has 0 bridgehead atoms. The number of fused-ring (bicyclic) bond motifs is 10. The van der Waals surface area contributed by atoms with E-state index in [-0.39, 0.29) is 5.41 Å². The normalized spacial score (nSPS) is 14.2. The van der Waals surface area contributed by atoms with Crippen LogP contribution in [0, 0.1) is 0 Å². The largest absolute Gasteiger partial charge is 0.438 e. The van der Waals surface area contributed by atoms with Gasteiger partial charge >= 0.3 is 0 Å². The van der Waals surface area contributed by atoms with Crippen LogP contribution in [0.5, 0.6) is 11.6 Å². The monoisotopic (exact) mass is 551 g/mol. The van der Waals surface area contributed by atoms with Crippen molar-refractivity contribution in [3.05, 3.63) is 127 Å². The van der Waals surface area contributed by atoms with Crippen LogP contribution >= 0.6 is 0 Å². The third kappa shape index (κ3) is 2.90. The summed E-state index contributed by atoms with van der Waals surface area (Å²) < 4.78 is 8.69. The van der Waals surface area contributed by atoms with Crippen LogP contribution < -0.4 is 4.74 Å². The van der Waals surface area contributed by atoms with Crippen LogP contribution in [0.4, 0.5) is 0 Å². The molecule has 0 fully saturated rings. The van der Waals surface area contributed by atoms with E-state index >= 15 is 0 Å². The molecule has 0 atom stereocenters. The molecule has 2 aromatic heterocycles. The second kappa shape index (κ2) is 7.87. The van der Waals surface area contributed by atoms with Gasteiger partial charge in [0.2, 0.25) is 11.8 Å². The van der Waals surface area contributed by atoms with Gasteiger partial charge in [0.1, 0.15) is 5.75 Å². The van der Waals surface area contributed by atoms with Crippen LogP contribution in [0.25, 0.3) is 71.6 Å². The van der Waals surface area contributed by atoms with E-state index in [4.69, 9.17) is 14.7 Å². The molecule has 0 saturated carbocycles. The minimum atomic E-state index is -0.119. The lowest BCUT2D eigenvalue weighted by atomic mass is 9.82. The molecule has 10 rings (SSSR count). The van der Waals surface area contributed by atoms with Crippen molar-refractivity contribution >= 4 is 43.4 Å². The van der Waals surface area contributed by atoms with Gasteiger partial charge < -0.3 is 4.74 Å². The van der Waals surface area contributed by atoms with E-state index in [0.717, 1.165) is 38.7 Å². The van der Waals surface area contributed by atoms with E-state index in [1.807, 2.05) is 18.3 Å². The van der Waals surface area contributed by atoms with Crippen molar-refractivity contribution in [2.75, 3.05) is 0 Å². The van der Waals surface area contributed by atoms with E-state index in [0.29, 0.717) is 11.8 Å². The summed E-state index contributed by atoms with van der Waals surface area (Å²) in [6.45, 7) is 4.65. The van der Waals surface area contributed by atoms with Crippen LogP contribution in [0.2, 0.25) is 0 Å². The van der Waals surface area contributed by atoms with Crippen molar-refractivity contribution in [3.8, 4) is 39.8 Å². The van der Waals surface area contributed by atoms with E-state index in [1.54, 1.807) is 0 Å². The highest BCUT2D eigenvalue weighted by molar-refractivity contribution is 6.22. The molecule has 4 nitrogen and oxygen atoms in total. The van der Waals surface area contributed by atoms with Crippen LogP contribution in [0.3, 0.4) is 0 Å². The summed E-state index contributed by atoms with van der Waals surface area (Å²) in [4.78, 5) is 10.1. The quantitative estimate of drug-likeness (QED) is 0.204. The highest BCUT2D eigenvalue weighted by atomic mass is 16.5. The Morgan fingerprint density at radius 1 is 0.605 bits per heavy atom. The lowest BCUT2D eigenvalue weighted by molar-refractivity contribution is 0.464. The molecule has 0 amide bonds. The number of ether oxygens (including phenoxy) is 1. The maximum atomic E-state index is 6.47. The number of rotatable bonds is 1. The molecule has 0 N–H and O–H groups in total. The number of nitrogens with zero attached hydrogens (tertiary/aromatic N) is 3. The van der Waals surface area contributed by atoms with Crippen molar-refractivity contribution < 1.29 is 4.74 Å². The van der Waals surface area contributed by atoms with E-state index in [9.17, 15) is 0 Å². The van der Waals surface area contributed by atoms with E-state index < -0.39 is 0 Å². The van der Waals surface area contributed by atoms with Crippen LogP contribution in [0.15, 0.2) is 115 Å². The molecule has 4 heteroatoms. The third-order valence-electron chi connectivity index (χ3n) is 9.66.